The maximum atomic E-state index is 11.8. The molecule has 0 fully saturated rings. The number of methoxy groups -OCH3 is 1. The summed E-state index contributed by atoms with van der Waals surface area (Å²) in [7, 11) is -2.45. The molecule has 0 spiro atoms. The molecular formula is C9H13NO4S2. The summed E-state index contributed by atoms with van der Waals surface area (Å²) in [5.41, 5.74) is -1.28. The molecule has 1 heterocycles. The van der Waals surface area contributed by atoms with Gasteiger partial charge in [-0.1, -0.05) is 6.07 Å². The number of thiophene rings is 1. The highest BCUT2D eigenvalue weighted by atomic mass is 32.2. The van der Waals surface area contributed by atoms with E-state index in [9.17, 15) is 13.2 Å². The Balaban J connectivity index is 2.94. The average molecular weight is 263 g/mol. The van der Waals surface area contributed by atoms with Gasteiger partial charge in [0.25, 0.3) is 10.0 Å². The normalized spacial score (nSPS) is 12.4. The molecule has 0 aliphatic rings. The van der Waals surface area contributed by atoms with E-state index in [0.29, 0.717) is 0 Å². The van der Waals surface area contributed by atoms with Gasteiger partial charge in [-0.3, -0.25) is 4.79 Å². The van der Waals surface area contributed by atoms with E-state index < -0.39 is 21.5 Å². The molecule has 90 valence electrons. The molecule has 5 nitrogen and oxygen atoms in total. The van der Waals surface area contributed by atoms with Gasteiger partial charge in [-0.25, -0.2) is 8.42 Å². The van der Waals surface area contributed by atoms with Gasteiger partial charge in [0.15, 0.2) is 0 Å². The number of nitrogens with one attached hydrogen (secondary N) is 1. The zero-order chi connectivity index (χ0) is 12.4. The summed E-state index contributed by atoms with van der Waals surface area (Å²) in [5.74, 6) is -0.632. The lowest BCUT2D eigenvalue weighted by Gasteiger charge is -2.22. The van der Waals surface area contributed by atoms with Crippen molar-refractivity contribution in [3.05, 3.63) is 17.5 Å². The van der Waals surface area contributed by atoms with Crippen LogP contribution in [-0.4, -0.2) is 27.0 Å². The van der Waals surface area contributed by atoms with Gasteiger partial charge in [-0.05, 0) is 25.3 Å². The second kappa shape index (κ2) is 4.52. The zero-order valence-corrected chi connectivity index (χ0v) is 10.8. The number of ether oxygens (including phenoxy) is 1. The Labute approximate surface area is 98.5 Å². The van der Waals surface area contributed by atoms with Crippen molar-refractivity contribution in [2.45, 2.75) is 23.6 Å². The summed E-state index contributed by atoms with van der Waals surface area (Å²) < 4.78 is 30.6. The smallest absolute Gasteiger partial charge is 0.326 e. The van der Waals surface area contributed by atoms with Crippen molar-refractivity contribution in [1.82, 2.24) is 4.72 Å². The van der Waals surface area contributed by atoms with Crippen molar-refractivity contribution in [3.8, 4) is 0 Å². The molecule has 0 aliphatic heterocycles. The quantitative estimate of drug-likeness (QED) is 0.822. The van der Waals surface area contributed by atoms with Gasteiger partial charge in [0.1, 0.15) is 9.75 Å². The molecule has 16 heavy (non-hydrogen) atoms. The summed E-state index contributed by atoms with van der Waals surface area (Å²) in [5, 5.41) is 1.65. The van der Waals surface area contributed by atoms with Gasteiger partial charge in [0, 0.05) is 0 Å². The number of sulfonamides is 1. The van der Waals surface area contributed by atoms with Crippen LogP contribution in [0.3, 0.4) is 0 Å². The van der Waals surface area contributed by atoms with E-state index >= 15 is 0 Å². The first-order chi connectivity index (χ1) is 7.29. The third kappa shape index (κ3) is 2.81. The van der Waals surface area contributed by atoms with Crippen molar-refractivity contribution in [2.24, 2.45) is 0 Å². The van der Waals surface area contributed by atoms with Gasteiger partial charge in [-0.2, -0.15) is 4.72 Å². The van der Waals surface area contributed by atoms with E-state index in [4.69, 9.17) is 0 Å². The lowest BCUT2D eigenvalue weighted by atomic mass is 10.1. The minimum Gasteiger partial charge on any atom is -0.468 e. The van der Waals surface area contributed by atoms with E-state index in [1.165, 1.54) is 27.0 Å². The highest BCUT2D eigenvalue weighted by Crippen LogP contribution is 2.18. The van der Waals surface area contributed by atoms with Crippen molar-refractivity contribution in [2.75, 3.05) is 7.11 Å². The molecule has 0 radical (unpaired) electrons. The summed E-state index contributed by atoms with van der Waals surface area (Å²) >= 11 is 1.09. The summed E-state index contributed by atoms with van der Waals surface area (Å²) in [4.78, 5) is 11.3. The van der Waals surface area contributed by atoms with Gasteiger partial charge in [0.2, 0.25) is 0 Å². The van der Waals surface area contributed by atoms with E-state index in [-0.39, 0.29) is 4.21 Å². The van der Waals surface area contributed by atoms with Crippen molar-refractivity contribution in [3.63, 3.8) is 0 Å². The maximum absolute atomic E-state index is 11.8. The Morgan fingerprint density at radius 2 is 2.12 bits per heavy atom. The molecule has 0 bridgehead atoms. The van der Waals surface area contributed by atoms with Crippen LogP contribution >= 0.6 is 11.3 Å². The lowest BCUT2D eigenvalue weighted by Crippen LogP contribution is -2.49. The maximum Gasteiger partial charge on any atom is 0.326 e. The van der Waals surface area contributed by atoms with Crippen LogP contribution in [0.2, 0.25) is 0 Å². The highest BCUT2D eigenvalue weighted by molar-refractivity contribution is 7.91. The second-order valence-corrected chi connectivity index (χ2v) is 6.51. The molecule has 0 amide bonds. The van der Waals surface area contributed by atoms with E-state index in [0.717, 1.165) is 11.3 Å². The summed E-state index contributed by atoms with van der Waals surface area (Å²) in [6.07, 6.45) is 0. The third-order valence-corrected chi connectivity index (χ3v) is 4.90. The standard InChI is InChI=1S/C9H13NO4S2/c1-9(2,8(11)14-3)10-16(12,13)7-5-4-6-15-7/h4-6,10H,1-3H3. The fourth-order valence-electron chi connectivity index (χ4n) is 1.10. The minimum absolute atomic E-state index is 0.171. The fourth-order valence-corrected chi connectivity index (χ4v) is 3.46. The lowest BCUT2D eigenvalue weighted by molar-refractivity contribution is -0.146. The van der Waals surface area contributed by atoms with Gasteiger partial charge >= 0.3 is 5.97 Å². The third-order valence-electron chi connectivity index (χ3n) is 1.85. The predicted octanol–water partition coefficient (Wildman–Crippen LogP) is 0.978. The molecule has 7 heteroatoms. The predicted molar refractivity (Wildman–Crippen MR) is 60.7 cm³/mol. The number of hydrogen-bond donors (Lipinski definition) is 1. The van der Waals surface area contributed by atoms with Crippen LogP contribution < -0.4 is 4.72 Å². The summed E-state index contributed by atoms with van der Waals surface area (Å²) in [6, 6.07) is 3.10. The molecule has 0 unspecified atom stereocenters. The topological polar surface area (TPSA) is 72.5 Å². The zero-order valence-electron chi connectivity index (χ0n) is 9.18. The Morgan fingerprint density at radius 3 is 2.56 bits per heavy atom. The molecular weight excluding hydrogens is 250 g/mol. The average Bonchev–Trinajstić information content (AvgIpc) is 2.68. The second-order valence-electron chi connectivity index (χ2n) is 3.65. The first-order valence-corrected chi connectivity index (χ1v) is 6.82. The van der Waals surface area contributed by atoms with Gasteiger partial charge in [0.05, 0.1) is 7.11 Å². The van der Waals surface area contributed by atoms with Crippen molar-refractivity contribution in [1.29, 1.82) is 0 Å². The summed E-state index contributed by atoms with van der Waals surface area (Å²) in [6.45, 7) is 2.90. The van der Waals surface area contributed by atoms with Crippen LogP contribution in [-0.2, 0) is 19.6 Å². The monoisotopic (exact) mass is 263 g/mol. The number of rotatable bonds is 4. The fraction of sp³-hybridized carbons (Fsp3) is 0.444. The molecule has 1 rings (SSSR count). The molecule has 1 aromatic heterocycles. The first-order valence-electron chi connectivity index (χ1n) is 4.45. The Bertz CT molecular complexity index is 462. The van der Waals surface area contributed by atoms with Crippen molar-refractivity contribution < 1.29 is 17.9 Å². The van der Waals surface area contributed by atoms with Crippen LogP contribution in [0.15, 0.2) is 21.7 Å². The van der Waals surface area contributed by atoms with E-state index in [1.807, 2.05) is 0 Å². The molecule has 0 saturated heterocycles. The van der Waals surface area contributed by atoms with Crippen LogP contribution in [0.5, 0.6) is 0 Å². The molecule has 0 aliphatic carbocycles. The van der Waals surface area contributed by atoms with Gasteiger partial charge in [-0.15, -0.1) is 11.3 Å². The van der Waals surface area contributed by atoms with E-state index in [1.54, 1.807) is 11.4 Å². The molecule has 0 atom stereocenters. The number of carbonyl (C=O) groups excluding carboxylic acids is 1. The Morgan fingerprint density at radius 1 is 1.50 bits per heavy atom. The highest BCUT2D eigenvalue weighted by Gasteiger charge is 2.34. The molecule has 0 aromatic carbocycles. The van der Waals surface area contributed by atoms with Crippen LogP contribution in [0.4, 0.5) is 0 Å². The SMILES string of the molecule is COC(=O)C(C)(C)NS(=O)(=O)c1cccs1. The minimum atomic E-state index is -3.66. The van der Waals surface area contributed by atoms with E-state index in [2.05, 4.69) is 9.46 Å². The Hall–Kier alpha value is -0.920. The van der Waals surface area contributed by atoms with Gasteiger partial charge < -0.3 is 4.74 Å². The largest absolute Gasteiger partial charge is 0.468 e. The number of esters is 1. The van der Waals surface area contributed by atoms with Crippen molar-refractivity contribution >= 4 is 27.3 Å². The van der Waals surface area contributed by atoms with Crippen LogP contribution in [0.25, 0.3) is 0 Å². The van der Waals surface area contributed by atoms with Crippen LogP contribution in [0, 0.1) is 0 Å². The molecule has 1 aromatic rings. The number of hydrogen-bond acceptors (Lipinski definition) is 5. The molecule has 0 saturated carbocycles. The van der Waals surface area contributed by atoms with Crippen LogP contribution in [0.1, 0.15) is 13.8 Å². The Kier molecular flexibility index (Phi) is 3.72. The first kappa shape index (κ1) is 13.1. The number of carbonyl (C=O) groups is 1. The molecule has 1 N–H and O–H groups in total.